The first kappa shape index (κ1) is 18.9. The average molecular weight is 388 g/mol. The van der Waals surface area contributed by atoms with Gasteiger partial charge in [0.1, 0.15) is 18.2 Å². The molecule has 1 aliphatic heterocycles. The van der Waals surface area contributed by atoms with Crippen LogP contribution in [0.3, 0.4) is 0 Å². The summed E-state index contributed by atoms with van der Waals surface area (Å²) in [4.78, 5) is 36.6. The summed E-state index contributed by atoms with van der Waals surface area (Å²) in [6.45, 7) is 0.483. The van der Waals surface area contributed by atoms with Gasteiger partial charge in [0, 0.05) is 13.1 Å². The molecule has 1 heterocycles. The molecule has 8 heteroatoms. The van der Waals surface area contributed by atoms with Gasteiger partial charge < -0.3 is 10.1 Å². The third-order valence-electron chi connectivity index (χ3n) is 3.90. The van der Waals surface area contributed by atoms with Crippen LogP contribution in [-0.4, -0.2) is 40.8 Å². The lowest BCUT2D eigenvalue weighted by molar-refractivity contribution is -0.124. The summed E-state index contributed by atoms with van der Waals surface area (Å²) >= 11 is 0.958. The van der Waals surface area contributed by atoms with E-state index in [1.165, 1.54) is 12.1 Å². The van der Waals surface area contributed by atoms with Crippen molar-refractivity contribution in [1.29, 1.82) is 0 Å². The van der Waals surface area contributed by atoms with E-state index in [0.29, 0.717) is 11.3 Å². The number of carbonyl (C=O) groups is 3. The Balaban J connectivity index is 1.57. The second kappa shape index (κ2) is 8.68. The zero-order valence-electron chi connectivity index (χ0n) is 14.3. The van der Waals surface area contributed by atoms with Gasteiger partial charge in [-0.2, -0.15) is 0 Å². The van der Waals surface area contributed by atoms with E-state index in [4.69, 9.17) is 4.74 Å². The molecule has 27 heavy (non-hydrogen) atoms. The maximum atomic E-state index is 13.0. The number of hydrogen-bond donors (Lipinski definition) is 1. The number of carbonyl (C=O) groups excluding carboxylic acids is 3. The van der Waals surface area contributed by atoms with Crippen LogP contribution in [0.2, 0.25) is 0 Å². The highest BCUT2D eigenvalue weighted by Crippen LogP contribution is 2.20. The van der Waals surface area contributed by atoms with Crippen molar-refractivity contribution in [2.24, 2.45) is 0 Å². The minimum atomic E-state index is -0.364. The second-order valence-electron chi connectivity index (χ2n) is 5.77. The zero-order valence-corrected chi connectivity index (χ0v) is 15.1. The van der Waals surface area contributed by atoms with Crippen molar-refractivity contribution in [3.8, 4) is 5.75 Å². The SMILES string of the molecule is O=C(NCCN1C(=O)CSC1=O)c1ccccc1OCc1ccc(F)cc1. The summed E-state index contributed by atoms with van der Waals surface area (Å²) in [5.74, 6) is -0.402. The van der Waals surface area contributed by atoms with Crippen LogP contribution >= 0.6 is 11.8 Å². The number of imide groups is 1. The van der Waals surface area contributed by atoms with Crippen molar-refractivity contribution in [1.82, 2.24) is 10.2 Å². The first-order chi connectivity index (χ1) is 13.0. The first-order valence-electron chi connectivity index (χ1n) is 8.26. The number of para-hydroxylation sites is 1. The van der Waals surface area contributed by atoms with Gasteiger partial charge in [-0.25, -0.2) is 4.39 Å². The number of hydrogen-bond acceptors (Lipinski definition) is 5. The van der Waals surface area contributed by atoms with Gasteiger partial charge in [-0.15, -0.1) is 0 Å². The van der Waals surface area contributed by atoms with E-state index in [9.17, 15) is 18.8 Å². The van der Waals surface area contributed by atoms with E-state index in [1.54, 1.807) is 36.4 Å². The summed E-state index contributed by atoms with van der Waals surface area (Å²) in [7, 11) is 0. The number of thioether (sulfide) groups is 1. The minimum Gasteiger partial charge on any atom is -0.488 e. The molecule has 1 saturated heterocycles. The van der Waals surface area contributed by atoms with Gasteiger partial charge in [0.2, 0.25) is 5.91 Å². The lowest BCUT2D eigenvalue weighted by Crippen LogP contribution is -2.37. The van der Waals surface area contributed by atoms with Crippen LogP contribution in [-0.2, 0) is 11.4 Å². The van der Waals surface area contributed by atoms with Crippen LogP contribution in [0.15, 0.2) is 48.5 Å². The summed E-state index contributed by atoms with van der Waals surface area (Å²) in [6, 6.07) is 12.7. The molecular weight excluding hydrogens is 371 g/mol. The van der Waals surface area contributed by atoms with Crippen LogP contribution in [0.1, 0.15) is 15.9 Å². The molecule has 1 N–H and O–H groups in total. The highest BCUT2D eigenvalue weighted by molar-refractivity contribution is 8.14. The summed E-state index contributed by atoms with van der Waals surface area (Å²) in [5, 5.41) is 2.39. The molecule has 2 aromatic carbocycles. The van der Waals surface area contributed by atoms with Gasteiger partial charge in [0.15, 0.2) is 0 Å². The highest BCUT2D eigenvalue weighted by atomic mass is 32.2. The molecule has 6 nitrogen and oxygen atoms in total. The van der Waals surface area contributed by atoms with E-state index in [0.717, 1.165) is 22.2 Å². The van der Waals surface area contributed by atoms with Gasteiger partial charge in [0.25, 0.3) is 11.1 Å². The van der Waals surface area contributed by atoms with Crippen LogP contribution < -0.4 is 10.1 Å². The molecule has 0 saturated carbocycles. The predicted molar refractivity (Wildman–Crippen MR) is 99.1 cm³/mol. The molecule has 0 bridgehead atoms. The molecule has 140 valence electrons. The number of nitrogens with zero attached hydrogens (tertiary/aromatic N) is 1. The fraction of sp³-hybridized carbons (Fsp3) is 0.211. The van der Waals surface area contributed by atoms with E-state index in [2.05, 4.69) is 5.32 Å². The lowest BCUT2D eigenvalue weighted by atomic mass is 10.2. The van der Waals surface area contributed by atoms with Crippen molar-refractivity contribution < 1.29 is 23.5 Å². The molecule has 1 fully saturated rings. The standard InChI is InChI=1S/C19H17FN2O4S/c20-14-7-5-13(6-8-14)11-26-16-4-2-1-3-15(16)18(24)21-9-10-22-17(23)12-27-19(22)25/h1-8H,9-12H2,(H,21,24). The average Bonchev–Trinajstić information content (AvgIpc) is 3.00. The van der Waals surface area contributed by atoms with Gasteiger partial charge in [0.05, 0.1) is 11.3 Å². The van der Waals surface area contributed by atoms with Gasteiger partial charge in [-0.3, -0.25) is 19.3 Å². The molecular formula is C19H17FN2O4S. The quantitative estimate of drug-likeness (QED) is 0.789. The first-order valence-corrected chi connectivity index (χ1v) is 9.25. The molecule has 0 aliphatic carbocycles. The van der Waals surface area contributed by atoms with Crippen molar-refractivity contribution >= 4 is 28.8 Å². The summed E-state index contributed by atoms with van der Waals surface area (Å²) < 4.78 is 18.7. The Labute approximate surface area is 159 Å². The Hall–Kier alpha value is -2.87. The van der Waals surface area contributed by atoms with Gasteiger partial charge in [-0.05, 0) is 29.8 Å². The lowest BCUT2D eigenvalue weighted by Gasteiger charge is -2.14. The van der Waals surface area contributed by atoms with Crippen molar-refractivity contribution in [2.75, 3.05) is 18.8 Å². The number of benzene rings is 2. The molecule has 3 rings (SSSR count). The van der Waals surface area contributed by atoms with Crippen molar-refractivity contribution in [3.05, 3.63) is 65.5 Å². The topological polar surface area (TPSA) is 75.7 Å². The number of halogens is 1. The molecule has 3 amide bonds. The molecule has 0 atom stereocenters. The third-order valence-corrected chi connectivity index (χ3v) is 4.76. The maximum absolute atomic E-state index is 13.0. The molecule has 2 aromatic rings. The third kappa shape index (κ3) is 4.85. The maximum Gasteiger partial charge on any atom is 0.288 e. The molecule has 0 spiro atoms. The predicted octanol–water partition coefficient (Wildman–Crippen LogP) is 2.83. The summed E-state index contributed by atoms with van der Waals surface area (Å²) in [5.41, 5.74) is 1.11. The number of amides is 3. The monoisotopic (exact) mass is 388 g/mol. The Bertz CT molecular complexity index is 841. The second-order valence-corrected chi connectivity index (χ2v) is 6.69. The van der Waals surface area contributed by atoms with E-state index in [1.807, 2.05) is 0 Å². The van der Waals surface area contributed by atoms with Crippen LogP contribution in [0.4, 0.5) is 9.18 Å². The van der Waals surface area contributed by atoms with Gasteiger partial charge >= 0.3 is 0 Å². The molecule has 0 aromatic heterocycles. The summed E-state index contributed by atoms with van der Waals surface area (Å²) in [6.07, 6.45) is 0. The van der Waals surface area contributed by atoms with Gasteiger partial charge in [-0.1, -0.05) is 36.0 Å². The normalized spacial score (nSPS) is 13.7. The molecule has 1 aliphatic rings. The van der Waals surface area contributed by atoms with E-state index < -0.39 is 0 Å². The van der Waals surface area contributed by atoms with Crippen molar-refractivity contribution in [2.45, 2.75) is 6.61 Å². The molecule has 0 radical (unpaired) electrons. The van der Waals surface area contributed by atoms with Crippen LogP contribution in [0.5, 0.6) is 5.75 Å². The Kier molecular flexibility index (Phi) is 6.08. The highest BCUT2D eigenvalue weighted by Gasteiger charge is 2.29. The zero-order chi connectivity index (χ0) is 19.2. The fourth-order valence-electron chi connectivity index (χ4n) is 2.50. The molecule has 0 unspecified atom stereocenters. The Morgan fingerprint density at radius 1 is 1.15 bits per heavy atom. The minimum absolute atomic E-state index is 0.134. The largest absolute Gasteiger partial charge is 0.488 e. The number of nitrogens with one attached hydrogen (secondary N) is 1. The number of ether oxygens (including phenoxy) is 1. The smallest absolute Gasteiger partial charge is 0.288 e. The Morgan fingerprint density at radius 2 is 1.89 bits per heavy atom. The van der Waals surface area contributed by atoms with Crippen LogP contribution in [0, 0.1) is 5.82 Å². The Morgan fingerprint density at radius 3 is 2.59 bits per heavy atom. The number of rotatable bonds is 7. The fourth-order valence-corrected chi connectivity index (χ4v) is 3.25. The van der Waals surface area contributed by atoms with E-state index in [-0.39, 0.29) is 48.3 Å². The van der Waals surface area contributed by atoms with E-state index >= 15 is 0 Å². The van der Waals surface area contributed by atoms with Crippen molar-refractivity contribution in [3.63, 3.8) is 0 Å². The van der Waals surface area contributed by atoms with Crippen LogP contribution in [0.25, 0.3) is 0 Å².